The molecule has 0 spiro atoms. The first-order valence-electron chi connectivity index (χ1n) is 10.2. The van der Waals surface area contributed by atoms with Gasteiger partial charge in [0.25, 0.3) is 5.91 Å². The average Bonchev–Trinajstić information content (AvgIpc) is 2.83. The van der Waals surface area contributed by atoms with Crippen LogP contribution in [-0.2, 0) is 16.6 Å². The predicted molar refractivity (Wildman–Crippen MR) is 139 cm³/mol. The van der Waals surface area contributed by atoms with Gasteiger partial charge < -0.3 is 9.47 Å². The van der Waals surface area contributed by atoms with E-state index < -0.39 is 15.9 Å². The highest BCUT2D eigenvalue weighted by molar-refractivity contribution is 7.92. The second-order valence-electron chi connectivity index (χ2n) is 7.41. The van der Waals surface area contributed by atoms with E-state index in [1.165, 1.54) is 32.5 Å². The number of benzene rings is 3. The van der Waals surface area contributed by atoms with Crippen molar-refractivity contribution in [3.05, 3.63) is 87.4 Å². The second-order valence-corrected chi connectivity index (χ2v) is 10.3. The summed E-state index contributed by atoms with van der Waals surface area (Å²) in [7, 11) is -0.429. The Kier molecular flexibility index (Phi) is 8.61. The van der Waals surface area contributed by atoms with Gasteiger partial charge in [-0.3, -0.25) is 9.10 Å². The lowest BCUT2D eigenvalue weighted by Crippen LogP contribution is -2.25. The summed E-state index contributed by atoms with van der Waals surface area (Å²) in [5.41, 5.74) is 4.66. The number of amides is 1. The molecule has 3 rings (SSSR count). The molecule has 184 valence electrons. The summed E-state index contributed by atoms with van der Waals surface area (Å²) in [6.45, 7) is 0.231. The van der Waals surface area contributed by atoms with Crippen LogP contribution < -0.4 is 19.2 Å². The maximum Gasteiger partial charge on any atom is 0.271 e. The van der Waals surface area contributed by atoms with Gasteiger partial charge in [0.15, 0.2) is 11.5 Å². The summed E-state index contributed by atoms with van der Waals surface area (Å²) in [4.78, 5) is 12.3. The van der Waals surface area contributed by atoms with Crippen LogP contribution in [0.1, 0.15) is 21.5 Å². The number of hydrazone groups is 1. The van der Waals surface area contributed by atoms with Gasteiger partial charge in [0.1, 0.15) is 6.61 Å². The molecule has 0 aliphatic rings. The number of methoxy groups -OCH3 is 1. The third-order valence-electron chi connectivity index (χ3n) is 4.96. The number of anilines is 1. The van der Waals surface area contributed by atoms with Crippen molar-refractivity contribution in [2.24, 2.45) is 5.10 Å². The van der Waals surface area contributed by atoms with Gasteiger partial charge in [-0.2, -0.15) is 5.10 Å². The van der Waals surface area contributed by atoms with Crippen molar-refractivity contribution >= 4 is 51.0 Å². The Hall–Kier alpha value is -3.27. The van der Waals surface area contributed by atoms with Gasteiger partial charge in [0.2, 0.25) is 10.0 Å². The molecular formula is C24H23Cl2N3O5S. The van der Waals surface area contributed by atoms with Crippen LogP contribution in [0.5, 0.6) is 11.5 Å². The van der Waals surface area contributed by atoms with E-state index in [0.29, 0.717) is 38.4 Å². The Morgan fingerprint density at radius 1 is 1.06 bits per heavy atom. The van der Waals surface area contributed by atoms with Crippen molar-refractivity contribution in [2.75, 3.05) is 24.7 Å². The van der Waals surface area contributed by atoms with E-state index >= 15 is 0 Å². The van der Waals surface area contributed by atoms with Gasteiger partial charge in [-0.05, 0) is 60.2 Å². The summed E-state index contributed by atoms with van der Waals surface area (Å²) >= 11 is 12.1. The predicted octanol–water partition coefficient (Wildman–Crippen LogP) is 4.74. The van der Waals surface area contributed by atoms with Crippen LogP contribution in [0, 0.1) is 0 Å². The normalized spacial score (nSPS) is 11.3. The van der Waals surface area contributed by atoms with Crippen LogP contribution in [0.3, 0.4) is 0 Å². The number of carbonyl (C=O) groups excluding carboxylic acids is 1. The molecule has 1 N–H and O–H groups in total. The Morgan fingerprint density at radius 3 is 2.40 bits per heavy atom. The van der Waals surface area contributed by atoms with Gasteiger partial charge in [-0.1, -0.05) is 29.3 Å². The number of halogens is 2. The number of hydrogen-bond donors (Lipinski definition) is 1. The molecule has 0 bridgehead atoms. The zero-order valence-electron chi connectivity index (χ0n) is 19.2. The lowest BCUT2D eigenvalue weighted by Gasteiger charge is -2.16. The van der Waals surface area contributed by atoms with Crippen molar-refractivity contribution in [3.63, 3.8) is 0 Å². The second kappa shape index (κ2) is 11.4. The Morgan fingerprint density at radius 2 is 1.77 bits per heavy atom. The molecule has 0 aromatic heterocycles. The van der Waals surface area contributed by atoms with Gasteiger partial charge in [0.05, 0.1) is 25.3 Å². The number of nitrogens with one attached hydrogen (secondary N) is 1. The third-order valence-corrected chi connectivity index (χ3v) is 6.75. The summed E-state index contributed by atoms with van der Waals surface area (Å²) in [6, 6.07) is 16.5. The highest BCUT2D eigenvalue weighted by Gasteiger charge is 2.13. The zero-order valence-corrected chi connectivity index (χ0v) is 21.5. The number of carbonyl (C=O) groups is 1. The largest absolute Gasteiger partial charge is 0.493 e. The van der Waals surface area contributed by atoms with Crippen LogP contribution in [0.2, 0.25) is 10.0 Å². The van der Waals surface area contributed by atoms with Gasteiger partial charge in [-0.15, -0.1) is 0 Å². The summed E-state index contributed by atoms with van der Waals surface area (Å²) in [6.07, 6.45) is 2.57. The first-order chi connectivity index (χ1) is 16.6. The van der Waals surface area contributed by atoms with E-state index in [4.69, 9.17) is 32.7 Å². The standard InChI is InChI=1S/C24H23Cl2N3O5S/c1-29(35(3,31)32)20-9-6-17(7-10-20)24(30)28-27-14-16-4-11-22(23(12-16)33-2)34-15-18-5-8-19(25)13-21(18)26/h4-14H,15H2,1-3H3,(H,28,30)/b27-14-. The van der Waals surface area contributed by atoms with Gasteiger partial charge in [0, 0.05) is 28.2 Å². The molecule has 0 unspecified atom stereocenters. The molecule has 8 nitrogen and oxygen atoms in total. The summed E-state index contributed by atoms with van der Waals surface area (Å²) < 4.78 is 35.6. The Labute approximate surface area is 214 Å². The van der Waals surface area contributed by atoms with Crippen molar-refractivity contribution < 1.29 is 22.7 Å². The minimum Gasteiger partial charge on any atom is -0.493 e. The van der Waals surface area contributed by atoms with Crippen LogP contribution >= 0.6 is 23.2 Å². The molecule has 3 aromatic rings. The molecule has 35 heavy (non-hydrogen) atoms. The molecule has 11 heteroatoms. The quantitative estimate of drug-likeness (QED) is 0.315. The molecule has 0 aliphatic carbocycles. The number of ether oxygens (including phenoxy) is 2. The van der Waals surface area contributed by atoms with E-state index in [-0.39, 0.29) is 6.61 Å². The van der Waals surface area contributed by atoms with Gasteiger partial charge in [-0.25, -0.2) is 13.8 Å². The first kappa shape index (κ1) is 26.3. The molecule has 1 amide bonds. The smallest absolute Gasteiger partial charge is 0.271 e. The fourth-order valence-corrected chi connectivity index (χ4v) is 3.89. The van der Waals surface area contributed by atoms with E-state index in [2.05, 4.69) is 10.5 Å². The molecule has 0 fully saturated rings. The molecule has 0 saturated carbocycles. The van der Waals surface area contributed by atoms with Crippen molar-refractivity contribution in [3.8, 4) is 11.5 Å². The SMILES string of the molecule is COc1cc(/C=N\NC(=O)c2ccc(N(C)S(C)(=O)=O)cc2)ccc1OCc1ccc(Cl)cc1Cl. The zero-order chi connectivity index (χ0) is 25.6. The van der Waals surface area contributed by atoms with Crippen LogP contribution in [0.15, 0.2) is 65.8 Å². The maximum absolute atomic E-state index is 12.3. The summed E-state index contributed by atoms with van der Waals surface area (Å²) in [5.74, 6) is 0.552. The molecular weight excluding hydrogens is 513 g/mol. The van der Waals surface area contributed by atoms with Crippen LogP contribution in [0.25, 0.3) is 0 Å². The fourth-order valence-electron chi connectivity index (χ4n) is 2.92. The molecule has 3 aromatic carbocycles. The number of sulfonamides is 1. The van der Waals surface area contributed by atoms with E-state index in [1.54, 1.807) is 48.5 Å². The highest BCUT2D eigenvalue weighted by atomic mass is 35.5. The topological polar surface area (TPSA) is 97.3 Å². The van der Waals surface area contributed by atoms with Crippen molar-refractivity contribution in [2.45, 2.75) is 6.61 Å². The number of nitrogens with zero attached hydrogens (tertiary/aromatic N) is 2. The molecule has 0 radical (unpaired) electrons. The number of rotatable bonds is 9. The van der Waals surface area contributed by atoms with Crippen LogP contribution in [-0.4, -0.2) is 41.0 Å². The lowest BCUT2D eigenvalue weighted by molar-refractivity contribution is 0.0955. The van der Waals surface area contributed by atoms with E-state index in [0.717, 1.165) is 16.1 Å². The molecule has 0 saturated heterocycles. The third kappa shape index (κ3) is 7.11. The fraction of sp³-hybridized carbons (Fsp3) is 0.167. The monoisotopic (exact) mass is 535 g/mol. The van der Waals surface area contributed by atoms with Gasteiger partial charge >= 0.3 is 0 Å². The molecule has 0 heterocycles. The van der Waals surface area contributed by atoms with E-state index in [9.17, 15) is 13.2 Å². The lowest BCUT2D eigenvalue weighted by atomic mass is 10.2. The van der Waals surface area contributed by atoms with Crippen molar-refractivity contribution in [1.29, 1.82) is 0 Å². The minimum atomic E-state index is -3.38. The van der Waals surface area contributed by atoms with E-state index in [1.807, 2.05) is 0 Å². The Balaban J connectivity index is 1.62. The Bertz CT molecular complexity index is 1350. The highest BCUT2D eigenvalue weighted by Crippen LogP contribution is 2.30. The number of hydrogen-bond acceptors (Lipinski definition) is 6. The molecule has 0 aliphatic heterocycles. The van der Waals surface area contributed by atoms with Crippen molar-refractivity contribution in [1.82, 2.24) is 5.43 Å². The molecule has 0 atom stereocenters. The van der Waals surface area contributed by atoms with Crippen LogP contribution in [0.4, 0.5) is 5.69 Å². The minimum absolute atomic E-state index is 0.231. The maximum atomic E-state index is 12.3. The summed E-state index contributed by atoms with van der Waals surface area (Å²) in [5, 5.41) is 5.03. The first-order valence-corrected chi connectivity index (χ1v) is 12.8. The average molecular weight is 536 g/mol.